The summed E-state index contributed by atoms with van der Waals surface area (Å²) in [5, 5.41) is 7.13. The Morgan fingerprint density at radius 3 is 3.12 bits per heavy atom. The standard InChI is InChI=1S/C11H13N3O3/c1-12-9-6-16-5-8(9)11-13-10(14-17-11)7-2-3-15-4-7/h2-4,8-9,12H,5-6H2,1H3. The van der Waals surface area contributed by atoms with Gasteiger partial charge in [-0.05, 0) is 13.1 Å². The third kappa shape index (κ3) is 1.85. The highest BCUT2D eigenvalue weighted by atomic mass is 16.5. The van der Waals surface area contributed by atoms with E-state index in [2.05, 4.69) is 15.5 Å². The number of ether oxygens (including phenoxy) is 1. The van der Waals surface area contributed by atoms with Crippen molar-refractivity contribution >= 4 is 0 Å². The summed E-state index contributed by atoms with van der Waals surface area (Å²) in [5.74, 6) is 1.28. The number of hydrogen-bond donors (Lipinski definition) is 1. The molecule has 0 aliphatic carbocycles. The second-order valence-corrected chi connectivity index (χ2v) is 4.01. The zero-order valence-corrected chi connectivity index (χ0v) is 9.42. The van der Waals surface area contributed by atoms with Crippen LogP contribution in [0.2, 0.25) is 0 Å². The van der Waals surface area contributed by atoms with Crippen molar-refractivity contribution in [2.45, 2.75) is 12.0 Å². The third-order valence-electron chi connectivity index (χ3n) is 2.99. The Kier molecular flexibility index (Phi) is 2.66. The normalized spacial score (nSPS) is 24.3. The van der Waals surface area contributed by atoms with Crippen molar-refractivity contribution in [3.8, 4) is 11.4 Å². The van der Waals surface area contributed by atoms with E-state index in [1.54, 1.807) is 18.6 Å². The van der Waals surface area contributed by atoms with E-state index in [9.17, 15) is 0 Å². The highest BCUT2D eigenvalue weighted by molar-refractivity contribution is 5.51. The molecule has 3 rings (SSSR count). The van der Waals surface area contributed by atoms with Gasteiger partial charge in [0.05, 0.1) is 31.0 Å². The second kappa shape index (κ2) is 4.31. The van der Waals surface area contributed by atoms with Crippen LogP contribution in [0.4, 0.5) is 0 Å². The maximum Gasteiger partial charge on any atom is 0.234 e. The van der Waals surface area contributed by atoms with Crippen LogP contribution >= 0.6 is 0 Å². The number of aromatic nitrogens is 2. The maximum absolute atomic E-state index is 5.41. The molecule has 1 aliphatic rings. The first-order chi connectivity index (χ1) is 8.38. The van der Waals surface area contributed by atoms with Crippen LogP contribution in [0.5, 0.6) is 0 Å². The number of furan rings is 1. The molecule has 6 nitrogen and oxygen atoms in total. The van der Waals surface area contributed by atoms with Gasteiger partial charge in [0.1, 0.15) is 6.26 Å². The van der Waals surface area contributed by atoms with Gasteiger partial charge in [0.15, 0.2) is 0 Å². The Morgan fingerprint density at radius 2 is 2.35 bits per heavy atom. The summed E-state index contributed by atoms with van der Waals surface area (Å²) in [4.78, 5) is 4.38. The van der Waals surface area contributed by atoms with E-state index in [4.69, 9.17) is 13.7 Å². The molecule has 3 heterocycles. The van der Waals surface area contributed by atoms with Gasteiger partial charge in [-0.25, -0.2) is 0 Å². The molecule has 1 saturated heterocycles. The van der Waals surface area contributed by atoms with Gasteiger partial charge in [-0.15, -0.1) is 0 Å². The van der Waals surface area contributed by atoms with E-state index in [1.165, 1.54) is 0 Å². The molecule has 1 aliphatic heterocycles. The summed E-state index contributed by atoms with van der Waals surface area (Å²) in [6, 6.07) is 2.03. The molecule has 6 heteroatoms. The second-order valence-electron chi connectivity index (χ2n) is 4.01. The van der Waals surface area contributed by atoms with Gasteiger partial charge in [0, 0.05) is 6.04 Å². The molecule has 2 aromatic heterocycles. The zero-order valence-electron chi connectivity index (χ0n) is 9.42. The molecule has 0 bridgehead atoms. The summed E-state index contributed by atoms with van der Waals surface area (Å²) >= 11 is 0. The highest BCUT2D eigenvalue weighted by Gasteiger charge is 2.33. The zero-order chi connectivity index (χ0) is 11.7. The number of nitrogens with one attached hydrogen (secondary N) is 1. The van der Waals surface area contributed by atoms with Crippen molar-refractivity contribution in [1.29, 1.82) is 0 Å². The molecule has 0 saturated carbocycles. The van der Waals surface area contributed by atoms with Crippen molar-refractivity contribution in [2.24, 2.45) is 0 Å². The summed E-state index contributed by atoms with van der Waals surface area (Å²) < 4.78 is 15.7. The predicted molar refractivity (Wildman–Crippen MR) is 58.4 cm³/mol. The van der Waals surface area contributed by atoms with Crippen LogP contribution < -0.4 is 5.32 Å². The van der Waals surface area contributed by atoms with Crippen molar-refractivity contribution < 1.29 is 13.7 Å². The highest BCUT2D eigenvalue weighted by Crippen LogP contribution is 2.26. The van der Waals surface area contributed by atoms with Crippen LogP contribution in [0.15, 0.2) is 27.5 Å². The fraction of sp³-hybridized carbons (Fsp3) is 0.455. The third-order valence-corrected chi connectivity index (χ3v) is 2.99. The van der Waals surface area contributed by atoms with Crippen molar-refractivity contribution in [3.63, 3.8) is 0 Å². The van der Waals surface area contributed by atoms with E-state index in [0.717, 1.165) is 5.56 Å². The number of rotatable bonds is 3. The van der Waals surface area contributed by atoms with E-state index in [0.29, 0.717) is 24.9 Å². The van der Waals surface area contributed by atoms with E-state index < -0.39 is 0 Å². The molecule has 2 atom stereocenters. The first kappa shape index (κ1) is 10.5. The molecule has 0 amide bonds. The number of nitrogens with zero attached hydrogens (tertiary/aromatic N) is 2. The molecule has 2 aromatic rings. The largest absolute Gasteiger partial charge is 0.472 e. The molecule has 90 valence electrons. The molecule has 0 aromatic carbocycles. The van der Waals surface area contributed by atoms with Crippen molar-refractivity contribution in [3.05, 3.63) is 24.5 Å². The molecule has 0 radical (unpaired) electrons. The Bertz CT molecular complexity index is 480. The fourth-order valence-electron chi connectivity index (χ4n) is 1.98. The van der Waals surface area contributed by atoms with Gasteiger partial charge in [-0.1, -0.05) is 5.16 Å². The molecule has 1 fully saturated rings. The first-order valence-electron chi connectivity index (χ1n) is 5.49. The lowest BCUT2D eigenvalue weighted by atomic mass is 10.0. The van der Waals surface area contributed by atoms with Gasteiger partial charge in [0.2, 0.25) is 11.7 Å². The van der Waals surface area contributed by atoms with Gasteiger partial charge >= 0.3 is 0 Å². The lowest BCUT2D eigenvalue weighted by Gasteiger charge is -2.11. The predicted octanol–water partition coefficient (Wildman–Crippen LogP) is 1.03. The summed E-state index contributed by atoms with van der Waals surface area (Å²) in [6.45, 7) is 1.28. The first-order valence-corrected chi connectivity index (χ1v) is 5.49. The minimum Gasteiger partial charge on any atom is -0.472 e. The summed E-state index contributed by atoms with van der Waals surface area (Å²) in [5.41, 5.74) is 0.819. The summed E-state index contributed by atoms with van der Waals surface area (Å²) in [6.07, 6.45) is 3.18. The van der Waals surface area contributed by atoms with Crippen LogP contribution in [-0.4, -0.2) is 36.4 Å². The quantitative estimate of drug-likeness (QED) is 0.856. The Labute approximate surface area is 98.0 Å². The molecule has 17 heavy (non-hydrogen) atoms. The van der Waals surface area contributed by atoms with Gasteiger partial charge in [-0.2, -0.15) is 4.98 Å². The van der Waals surface area contributed by atoms with Crippen LogP contribution in [0, 0.1) is 0 Å². The topological polar surface area (TPSA) is 73.3 Å². The van der Waals surface area contributed by atoms with Gasteiger partial charge in [0.25, 0.3) is 0 Å². The van der Waals surface area contributed by atoms with Gasteiger partial charge in [-0.3, -0.25) is 0 Å². The van der Waals surface area contributed by atoms with E-state index in [1.807, 2.05) is 7.05 Å². The van der Waals surface area contributed by atoms with Crippen molar-refractivity contribution in [2.75, 3.05) is 20.3 Å². The maximum atomic E-state index is 5.41. The number of likely N-dealkylation sites (N-methyl/N-ethyl adjacent to an activating group) is 1. The Balaban J connectivity index is 1.85. The van der Waals surface area contributed by atoms with Crippen LogP contribution in [-0.2, 0) is 4.74 Å². The smallest absolute Gasteiger partial charge is 0.234 e. The molecule has 0 spiro atoms. The monoisotopic (exact) mass is 235 g/mol. The molecular weight excluding hydrogens is 222 g/mol. The molecule has 2 unspecified atom stereocenters. The lowest BCUT2D eigenvalue weighted by molar-refractivity contribution is 0.185. The SMILES string of the molecule is CNC1COCC1c1nc(-c2ccoc2)no1. The van der Waals surface area contributed by atoms with Gasteiger partial charge < -0.3 is 19.0 Å². The molecular formula is C11H13N3O3. The Morgan fingerprint density at radius 1 is 1.41 bits per heavy atom. The van der Waals surface area contributed by atoms with E-state index in [-0.39, 0.29) is 12.0 Å². The number of hydrogen-bond acceptors (Lipinski definition) is 6. The average molecular weight is 235 g/mol. The fourth-order valence-corrected chi connectivity index (χ4v) is 1.98. The van der Waals surface area contributed by atoms with E-state index >= 15 is 0 Å². The minimum absolute atomic E-state index is 0.119. The van der Waals surface area contributed by atoms with Crippen LogP contribution in [0.3, 0.4) is 0 Å². The van der Waals surface area contributed by atoms with Crippen molar-refractivity contribution in [1.82, 2.24) is 15.5 Å². The molecule has 1 N–H and O–H groups in total. The summed E-state index contributed by atoms with van der Waals surface area (Å²) in [7, 11) is 1.90. The van der Waals surface area contributed by atoms with Crippen LogP contribution in [0.1, 0.15) is 11.8 Å². The Hall–Kier alpha value is -1.66. The average Bonchev–Trinajstić information content (AvgIpc) is 3.09. The lowest BCUT2D eigenvalue weighted by Crippen LogP contribution is -2.31. The van der Waals surface area contributed by atoms with Crippen LogP contribution in [0.25, 0.3) is 11.4 Å². The minimum atomic E-state index is 0.119.